The van der Waals surface area contributed by atoms with E-state index in [-0.39, 0.29) is 11.3 Å². The van der Waals surface area contributed by atoms with Gasteiger partial charge in [-0.3, -0.25) is 4.79 Å². The molecule has 1 aliphatic rings. The van der Waals surface area contributed by atoms with E-state index in [4.69, 9.17) is 0 Å². The zero-order valence-corrected chi connectivity index (χ0v) is 15.4. The van der Waals surface area contributed by atoms with Crippen LogP contribution in [0.15, 0.2) is 24.3 Å². The van der Waals surface area contributed by atoms with E-state index in [0.29, 0.717) is 5.91 Å². The van der Waals surface area contributed by atoms with Crippen LogP contribution in [-0.4, -0.2) is 37.0 Å². The van der Waals surface area contributed by atoms with Gasteiger partial charge >= 0.3 is 0 Å². The van der Waals surface area contributed by atoms with Gasteiger partial charge in [0.05, 0.1) is 0 Å². The molecule has 0 N–H and O–H groups in total. The lowest BCUT2D eigenvalue weighted by molar-refractivity contribution is -0.136. The Bertz CT molecular complexity index is 521. The van der Waals surface area contributed by atoms with Crippen molar-refractivity contribution in [3.63, 3.8) is 0 Å². The van der Waals surface area contributed by atoms with E-state index in [1.807, 2.05) is 0 Å². The maximum atomic E-state index is 12.5. The van der Waals surface area contributed by atoms with Crippen LogP contribution in [0.5, 0.6) is 0 Å². The minimum absolute atomic E-state index is 0.138. The smallest absolute Gasteiger partial charge is 0.225 e. The van der Waals surface area contributed by atoms with Crippen LogP contribution < -0.4 is 4.90 Å². The number of rotatable bonds is 4. The third-order valence-corrected chi connectivity index (χ3v) is 4.98. The van der Waals surface area contributed by atoms with Crippen molar-refractivity contribution in [1.29, 1.82) is 0 Å². The van der Waals surface area contributed by atoms with Crippen LogP contribution in [0.3, 0.4) is 0 Å². The van der Waals surface area contributed by atoms with Crippen molar-refractivity contribution >= 4 is 11.6 Å². The number of hydrogen-bond acceptors (Lipinski definition) is 2. The second-order valence-electron chi connectivity index (χ2n) is 7.59. The van der Waals surface area contributed by atoms with E-state index in [1.165, 1.54) is 11.3 Å². The molecule has 3 heteroatoms. The zero-order valence-electron chi connectivity index (χ0n) is 15.4. The maximum absolute atomic E-state index is 12.5. The van der Waals surface area contributed by atoms with Crippen molar-refractivity contribution < 1.29 is 4.79 Å². The van der Waals surface area contributed by atoms with Gasteiger partial charge in [0, 0.05) is 37.8 Å². The summed E-state index contributed by atoms with van der Waals surface area (Å²) in [5.41, 5.74) is 2.85. The van der Waals surface area contributed by atoms with Gasteiger partial charge in [0.15, 0.2) is 0 Å². The van der Waals surface area contributed by atoms with Crippen LogP contribution in [0.2, 0.25) is 0 Å². The van der Waals surface area contributed by atoms with E-state index >= 15 is 0 Å². The average molecular weight is 316 g/mol. The van der Waals surface area contributed by atoms with E-state index in [9.17, 15) is 4.79 Å². The van der Waals surface area contributed by atoms with Crippen LogP contribution in [0.1, 0.15) is 53.0 Å². The Morgan fingerprint density at radius 3 is 2.13 bits per heavy atom. The first-order valence-corrected chi connectivity index (χ1v) is 9.01. The van der Waals surface area contributed by atoms with E-state index in [1.54, 1.807) is 0 Å². The van der Waals surface area contributed by atoms with Crippen LogP contribution in [0.4, 0.5) is 5.69 Å². The number of anilines is 1. The molecule has 0 aliphatic carbocycles. The maximum Gasteiger partial charge on any atom is 0.225 e. The predicted molar refractivity (Wildman–Crippen MR) is 98.0 cm³/mol. The minimum Gasteiger partial charge on any atom is -0.368 e. The van der Waals surface area contributed by atoms with Gasteiger partial charge in [-0.2, -0.15) is 0 Å². The molecule has 1 aromatic carbocycles. The van der Waals surface area contributed by atoms with Gasteiger partial charge < -0.3 is 9.80 Å². The Morgan fingerprint density at radius 2 is 1.61 bits per heavy atom. The third-order valence-electron chi connectivity index (χ3n) is 4.98. The summed E-state index contributed by atoms with van der Waals surface area (Å²) in [5, 5.41) is 0. The SMILES string of the molecule is CCC(CC)C(=O)N1CCN(c2ccccc2C(C)(C)C)CC1. The van der Waals surface area contributed by atoms with Gasteiger partial charge in [-0.1, -0.05) is 52.8 Å². The topological polar surface area (TPSA) is 23.6 Å². The number of piperazine rings is 1. The van der Waals surface area contributed by atoms with Crippen molar-refractivity contribution in [2.45, 2.75) is 52.9 Å². The van der Waals surface area contributed by atoms with Crippen LogP contribution in [-0.2, 0) is 10.2 Å². The molecule has 0 unspecified atom stereocenters. The molecule has 23 heavy (non-hydrogen) atoms. The molecule has 0 atom stereocenters. The molecular weight excluding hydrogens is 284 g/mol. The fraction of sp³-hybridized carbons (Fsp3) is 0.650. The summed E-state index contributed by atoms with van der Waals surface area (Å²) < 4.78 is 0. The Balaban J connectivity index is 2.07. The molecule has 0 saturated carbocycles. The quantitative estimate of drug-likeness (QED) is 0.836. The van der Waals surface area contributed by atoms with Gasteiger partial charge in [0.25, 0.3) is 0 Å². The molecule has 2 rings (SSSR count). The Labute approximate surface area is 141 Å². The first-order valence-electron chi connectivity index (χ1n) is 9.01. The standard InChI is InChI=1S/C20H32N2O/c1-6-16(7-2)19(23)22-14-12-21(13-15-22)18-11-9-8-10-17(18)20(3,4)5/h8-11,16H,6-7,12-15H2,1-5H3. The largest absolute Gasteiger partial charge is 0.368 e. The number of carbonyl (C=O) groups excluding carboxylic acids is 1. The first kappa shape index (κ1) is 17.8. The summed E-state index contributed by atoms with van der Waals surface area (Å²) >= 11 is 0. The van der Waals surface area contributed by atoms with Crippen molar-refractivity contribution in [3.8, 4) is 0 Å². The van der Waals surface area contributed by atoms with Gasteiger partial charge in [0.1, 0.15) is 0 Å². The molecule has 1 amide bonds. The number of benzene rings is 1. The molecule has 0 spiro atoms. The fourth-order valence-electron chi connectivity index (χ4n) is 3.45. The lowest BCUT2D eigenvalue weighted by atomic mass is 9.85. The number of amides is 1. The third kappa shape index (κ3) is 4.07. The van der Waals surface area contributed by atoms with Crippen molar-refractivity contribution in [2.24, 2.45) is 5.92 Å². The predicted octanol–water partition coefficient (Wildman–Crippen LogP) is 4.07. The number of para-hydroxylation sites is 1. The Hall–Kier alpha value is -1.51. The second-order valence-corrected chi connectivity index (χ2v) is 7.59. The van der Waals surface area contributed by atoms with Crippen LogP contribution in [0, 0.1) is 5.92 Å². The molecule has 1 heterocycles. The highest BCUT2D eigenvalue weighted by molar-refractivity contribution is 5.79. The molecule has 0 aromatic heterocycles. The highest BCUT2D eigenvalue weighted by Crippen LogP contribution is 2.32. The molecule has 1 aliphatic heterocycles. The number of carbonyl (C=O) groups is 1. The molecule has 0 bridgehead atoms. The van der Waals surface area contributed by atoms with Crippen LogP contribution in [0.25, 0.3) is 0 Å². The van der Waals surface area contributed by atoms with Gasteiger partial charge in [-0.05, 0) is 29.9 Å². The molecule has 1 saturated heterocycles. The molecule has 1 fully saturated rings. The van der Waals surface area contributed by atoms with E-state index in [2.05, 4.69) is 68.7 Å². The number of nitrogens with zero attached hydrogens (tertiary/aromatic N) is 2. The first-order chi connectivity index (χ1) is 10.9. The van der Waals surface area contributed by atoms with E-state index in [0.717, 1.165) is 39.0 Å². The zero-order chi connectivity index (χ0) is 17.0. The second kappa shape index (κ2) is 7.37. The Morgan fingerprint density at radius 1 is 1.04 bits per heavy atom. The molecule has 128 valence electrons. The lowest BCUT2D eigenvalue weighted by Crippen LogP contribution is -2.50. The van der Waals surface area contributed by atoms with Gasteiger partial charge in [0.2, 0.25) is 5.91 Å². The number of hydrogen-bond donors (Lipinski definition) is 0. The summed E-state index contributed by atoms with van der Waals surface area (Å²) in [6, 6.07) is 8.69. The summed E-state index contributed by atoms with van der Waals surface area (Å²) in [4.78, 5) is 17.0. The average Bonchev–Trinajstić information content (AvgIpc) is 2.55. The fourth-order valence-corrected chi connectivity index (χ4v) is 3.45. The highest BCUT2D eigenvalue weighted by Gasteiger charge is 2.27. The van der Waals surface area contributed by atoms with Crippen LogP contribution >= 0.6 is 0 Å². The van der Waals surface area contributed by atoms with Crippen molar-refractivity contribution in [3.05, 3.63) is 29.8 Å². The highest BCUT2D eigenvalue weighted by atomic mass is 16.2. The minimum atomic E-state index is 0.138. The van der Waals surface area contributed by atoms with Gasteiger partial charge in [-0.25, -0.2) is 0 Å². The summed E-state index contributed by atoms with van der Waals surface area (Å²) in [5.74, 6) is 0.544. The lowest BCUT2D eigenvalue weighted by Gasteiger charge is -2.39. The van der Waals surface area contributed by atoms with E-state index < -0.39 is 0 Å². The van der Waals surface area contributed by atoms with Crippen molar-refractivity contribution in [1.82, 2.24) is 4.90 Å². The molecule has 0 radical (unpaired) electrons. The summed E-state index contributed by atoms with van der Waals surface area (Å²) in [6.45, 7) is 14.6. The molecule has 1 aromatic rings. The van der Waals surface area contributed by atoms with Crippen molar-refractivity contribution in [2.75, 3.05) is 31.1 Å². The molecular formula is C20H32N2O. The summed E-state index contributed by atoms with van der Waals surface area (Å²) in [6.07, 6.45) is 1.89. The Kier molecular flexibility index (Phi) is 5.72. The summed E-state index contributed by atoms with van der Waals surface area (Å²) in [7, 11) is 0. The van der Waals surface area contributed by atoms with Gasteiger partial charge in [-0.15, -0.1) is 0 Å². The normalized spacial score (nSPS) is 16.1. The molecule has 3 nitrogen and oxygen atoms in total. The monoisotopic (exact) mass is 316 g/mol.